The largest absolute Gasteiger partial charge is 0.336 e. The molecular weight excluding hydrogens is 558 g/mol. The number of para-hydroxylation sites is 1. The molecule has 3 aliphatic rings. The van der Waals surface area contributed by atoms with E-state index in [0.717, 1.165) is 51.0 Å². The zero-order valence-corrected chi connectivity index (χ0v) is 24.8. The second-order valence-corrected chi connectivity index (χ2v) is 12.0. The third-order valence-electron chi connectivity index (χ3n) is 9.27. The van der Waals surface area contributed by atoms with E-state index in [1.165, 1.54) is 0 Å². The predicted molar refractivity (Wildman–Crippen MR) is 165 cm³/mol. The first-order valence-electron chi connectivity index (χ1n) is 15.4. The fourth-order valence-corrected chi connectivity index (χ4v) is 6.80. The minimum Gasteiger partial charge on any atom is -0.336 e. The second-order valence-electron chi connectivity index (χ2n) is 12.0. The molecule has 44 heavy (non-hydrogen) atoms. The number of piperidine rings is 1. The highest BCUT2D eigenvalue weighted by atomic mass is 16.2. The molecule has 0 saturated carbocycles. The molecule has 7 rings (SSSR count). The van der Waals surface area contributed by atoms with Crippen LogP contribution in [0, 0.1) is 0 Å². The van der Waals surface area contributed by atoms with E-state index >= 15 is 0 Å². The Hall–Kier alpha value is -4.87. The van der Waals surface area contributed by atoms with Crippen molar-refractivity contribution >= 4 is 34.6 Å². The number of H-pyrrole nitrogens is 2. The van der Waals surface area contributed by atoms with Gasteiger partial charge in [-0.2, -0.15) is 10.2 Å². The molecule has 3 aliphatic heterocycles. The van der Waals surface area contributed by atoms with Gasteiger partial charge in [0.05, 0.1) is 17.9 Å². The first-order valence-corrected chi connectivity index (χ1v) is 15.4. The minimum atomic E-state index is -0.730. The Morgan fingerprint density at radius 3 is 2.66 bits per heavy atom. The van der Waals surface area contributed by atoms with Crippen LogP contribution < -0.4 is 10.6 Å². The summed E-state index contributed by atoms with van der Waals surface area (Å²) in [6, 6.07) is 11.0. The summed E-state index contributed by atoms with van der Waals surface area (Å²) < 4.78 is 0. The SMILES string of the molecule is CCc1cc(CC(NC(=O)N2CCC(N3Cc4ccccc4NC3=O)CC2)C(=O)N2CCc3[nH]ncc3C2)cc2cn[nH]c12. The molecule has 228 valence electrons. The van der Waals surface area contributed by atoms with Gasteiger partial charge in [0.25, 0.3) is 0 Å². The molecule has 5 amide bonds. The molecule has 12 heteroatoms. The van der Waals surface area contributed by atoms with Gasteiger partial charge >= 0.3 is 12.1 Å². The van der Waals surface area contributed by atoms with E-state index in [4.69, 9.17) is 0 Å². The van der Waals surface area contributed by atoms with Gasteiger partial charge in [0, 0.05) is 73.9 Å². The lowest BCUT2D eigenvalue weighted by Gasteiger charge is -2.41. The van der Waals surface area contributed by atoms with Gasteiger partial charge < -0.3 is 25.3 Å². The average molecular weight is 596 g/mol. The van der Waals surface area contributed by atoms with Crippen LogP contribution in [0.25, 0.3) is 10.9 Å². The number of amides is 5. The van der Waals surface area contributed by atoms with Gasteiger partial charge in [0.15, 0.2) is 0 Å². The number of aromatic amines is 2. The summed E-state index contributed by atoms with van der Waals surface area (Å²) in [6.07, 6.45) is 6.81. The number of carbonyl (C=O) groups excluding carboxylic acids is 3. The highest BCUT2D eigenvalue weighted by molar-refractivity contribution is 5.92. The first-order chi connectivity index (χ1) is 21.5. The molecule has 12 nitrogen and oxygen atoms in total. The predicted octanol–water partition coefficient (Wildman–Crippen LogP) is 3.57. The van der Waals surface area contributed by atoms with Crippen LogP contribution >= 0.6 is 0 Å². The molecule has 0 spiro atoms. The molecular formula is C32H37N9O3. The van der Waals surface area contributed by atoms with E-state index in [2.05, 4.69) is 44.0 Å². The van der Waals surface area contributed by atoms with E-state index in [1.54, 1.807) is 17.3 Å². The molecule has 4 aromatic rings. The molecule has 4 N–H and O–H groups in total. The van der Waals surface area contributed by atoms with Crippen molar-refractivity contribution in [2.45, 2.75) is 64.2 Å². The van der Waals surface area contributed by atoms with E-state index in [1.807, 2.05) is 40.1 Å². The molecule has 2 aromatic heterocycles. The van der Waals surface area contributed by atoms with Gasteiger partial charge in [-0.15, -0.1) is 0 Å². The summed E-state index contributed by atoms with van der Waals surface area (Å²) in [6.45, 7) is 4.69. The number of nitrogens with zero attached hydrogens (tertiary/aromatic N) is 5. The normalized spacial score (nSPS) is 17.7. The monoisotopic (exact) mass is 595 g/mol. The Bertz CT molecular complexity index is 1700. The quantitative estimate of drug-likeness (QED) is 0.270. The van der Waals surface area contributed by atoms with E-state index in [9.17, 15) is 14.4 Å². The number of aryl methyl sites for hydroxylation is 1. The van der Waals surface area contributed by atoms with Gasteiger partial charge in [-0.1, -0.05) is 31.2 Å². The van der Waals surface area contributed by atoms with Gasteiger partial charge in [0.1, 0.15) is 6.04 Å². The lowest BCUT2D eigenvalue weighted by atomic mass is 9.98. The summed E-state index contributed by atoms with van der Waals surface area (Å²) >= 11 is 0. The lowest BCUT2D eigenvalue weighted by molar-refractivity contribution is -0.134. The number of carbonyl (C=O) groups is 3. The van der Waals surface area contributed by atoms with Crippen LogP contribution in [-0.4, -0.2) is 84.8 Å². The van der Waals surface area contributed by atoms with Crippen LogP contribution in [0.1, 0.15) is 47.7 Å². The number of nitrogens with one attached hydrogen (secondary N) is 4. The van der Waals surface area contributed by atoms with Crippen molar-refractivity contribution < 1.29 is 14.4 Å². The highest BCUT2D eigenvalue weighted by Crippen LogP contribution is 2.28. The summed E-state index contributed by atoms with van der Waals surface area (Å²) in [5, 5.41) is 21.5. The number of hydrogen-bond acceptors (Lipinski definition) is 5. The Balaban J connectivity index is 1.05. The van der Waals surface area contributed by atoms with E-state index in [-0.39, 0.29) is 24.0 Å². The third-order valence-corrected chi connectivity index (χ3v) is 9.27. The summed E-state index contributed by atoms with van der Waals surface area (Å²) in [4.78, 5) is 46.0. The van der Waals surface area contributed by atoms with Crippen molar-refractivity contribution in [1.82, 2.24) is 40.4 Å². The van der Waals surface area contributed by atoms with Crippen LogP contribution in [0.15, 0.2) is 48.8 Å². The Morgan fingerprint density at radius 1 is 1.00 bits per heavy atom. The molecule has 1 unspecified atom stereocenters. The van der Waals surface area contributed by atoms with Crippen LogP contribution in [0.3, 0.4) is 0 Å². The van der Waals surface area contributed by atoms with Gasteiger partial charge in [-0.3, -0.25) is 15.0 Å². The Kier molecular flexibility index (Phi) is 7.41. The fraction of sp³-hybridized carbons (Fsp3) is 0.406. The third kappa shape index (κ3) is 5.36. The smallest absolute Gasteiger partial charge is 0.322 e. The Labute approximate surface area is 255 Å². The van der Waals surface area contributed by atoms with Gasteiger partial charge in [-0.25, -0.2) is 9.59 Å². The van der Waals surface area contributed by atoms with E-state index in [0.29, 0.717) is 58.4 Å². The molecule has 0 aliphatic carbocycles. The zero-order valence-electron chi connectivity index (χ0n) is 24.8. The van der Waals surface area contributed by atoms with Crippen molar-refractivity contribution in [3.63, 3.8) is 0 Å². The van der Waals surface area contributed by atoms with Gasteiger partial charge in [0.2, 0.25) is 5.91 Å². The average Bonchev–Trinajstić information content (AvgIpc) is 3.73. The van der Waals surface area contributed by atoms with Crippen molar-refractivity contribution in [1.29, 1.82) is 0 Å². The van der Waals surface area contributed by atoms with Crippen molar-refractivity contribution in [2.24, 2.45) is 0 Å². The maximum atomic E-state index is 14.0. The number of rotatable bonds is 6. The number of anilines is 1. The molecule has 1 saturated heterocycles. The number of benzene rings is 2. The number of likely N-dealkylation sites (tertiary alicyclic amines) is 1. The van der Waals surface area contributed by atoms with E-state index < -0.39 is 6.04 Å². The standard InChI is InChI=1S/C32H37N9O3/c1-2-21-13-20(14-23-16-34-38-29(21)23)15-28(30(42)40-12-9-27-24(18-40)17-33-37-27)36-31(43)39-10-7-25(8-11-39)41-19-22-5-3-4-6-26(22)35-32(41)44/h3-6,13-14,16-17,25,28H,2,7-12,15,18-19H2,1H3,(H,33,37)(H,34,38)(H,35,44)(H,36,43). The highest BCUT2D eigenvalue weighted by Gasteiger charge is 2.35. The van der Waals surface area contributed by atoms with Crippen molar-refractivity contribution in [3.8, 4) is 0 Å². The minimum absolute atomic E-state index is 0.0384. The number of aromatic nitrogens is 4. The van der Waals surface area contributed by atoms with Gasteiger partial charge in [-0.05, 0) is 48.1 Å². The molecule has 1 atom stereocenters. The molecule has 5 heterocycles. The zero-order chi connectivity index (χ0) is 30.2. The van der Waals surface area contributed by atoms with Crippen molar-refractivity contribution in [2.75, 3.05) is 25.0 Å². The molecule has 1 fully saturated rings. The summed E-state index contributed by atoms with van der Waals surface area (Å²) in [5.74, 6) is -0.103. The second kappa shape index (κ2) is 11.7. The summed E-state index contributed by atoms with van der Waals surface area (Å²) in [7, 11) is 0. The molecule has 2 aromatic carbocycles. The maximum Gasteiger partial charge on any atom is 0.322 e. The topological polar surface area (TPSA) is 142 Å². The number of urea groups is 2. The molecule has 0 bridgehead atoms. The fourth-order valence-electron chi connectivity index (χ4n) is 6.80. The Morgan fingerprint density at radius 2 is 1.82 bits per heavy atom. The van der Waals surface area contributed by atoms with Crippen LogP contribution in [0.2, 0.25) is 0 Å². The van der Waals surface area contributed by atoms with Crippen LogP contribution in [-0.2, 0) is 37.1 Å². The van der Waals surface area contributed by atoms with Crippen LogP contribution in [0.5, 0.6) is 0 Å². The van der Waals surface area contributed by atoms with Crippen molar-refractivity contribution in [3.05, 3.63) is 76.7 Å². The lowest BCUT2D eigenvalue weighted by Crippen LogP contribution is -2.56. The number of fused-ring (bicyclic) bond motifs is 3. The van der Waals surface area contributed by atoms with Crippen LogP contribution in [0.4, 0.5) is 15.3 Å². The first kappa shape index (κ1) is 27.9. The summed E-state index contributed by atoms with van der Waals surface area (Å²) in [5.41, 5.74) is 7.12. The number of hydrogen-bond donors (Lipinski definition) is 4. The molecule has 0 radical (unpaired) electrons. The maximum absolute atomic E-state index is 14.0.